The van der Waals surface area contributed by atoms with Crippen molar-refractivity contribution in [3.63, 3.8) is 0 Å². The van der Waals surface area contributed by atoms with Gasteiger partial charge in [0.25, 0.3) is 0 Å². The number of carboxylic acid groups (broad SMARTS) is 1. The molecule has 0 saturated carbocycles. The summed E-state index contributed by atoms with van der Waals surface area (Å²) in [5, 5.41) is 15.0. The zero-order valence-corrected chi connectivity index (χ0v) is 12.0. The second-order valence-corrected chi connectivity index (χ2v) is 6.05. The van der Waals surface area contributed by atoms with Crippen molar-refractivity contribution in [1.82, 2.24) is 15.5 Å². The molecule has 0 aromatic carbocycles. The number of rotatable bonds is 7. The van der Waals surface area contributed by atoms with Crippen molar-refractivity contribution in [2.75, 3.05) is 40.3 Å². The average molecular weight is 257 g/mol. The van der Waals surface area contributed by atoms with Crippen molar-refractivity contribution in [2.24, 2.45) is 11.3 Å². The molecule has 5 nitrogen and oxygen atoms in total. The highest BCUT2D eigenvalue weighted by Gasteiger charge is 2.33. The van der Waals surface area contributed by atoms with Crippen LogP contribution in [0.3, 0.4) is 0 Å². The van der Waals surface area contributed by atoms with Crippen LogP contribution in [0.4, 0.5) is 0 Å². The summed E-state index contributed by atoms with van der Waals surface area (Å²) in [6, 6.07) is -0.507. The molecule has 0 aromatic heterocycles. The lowest BCUT2D eigenvalue weighted by molar-refractivity contribution is -0.139. The van der Waals surface area contributed by atoms with Crippen molar-refractivity contribution in [2.45, 2.75) is 26.3 Å². The molecule has 0 aromatic rings. The fourth-order valence-electron chi connectivity index (χ4n) is 2.57. The number of nitrogens with zero attached hydrogens (tertiary/aromatic N) is 1. The van der Waals surface area contributed by atoms with Gasteiger partial charge in [0.15, 0.2) is 0 Å². The van der Waals surface area contributed by atoms with Crippen LogP contribution in [0, 0.1) is 11.3 Å². The molecule has 1 rings (SSSR count). The third-order valence-corrected chi connectivity index (χ3v) is 4.07. The Morgan fingerprint density at radius 2 is 2.22 bits per heavy atom. The molecule has 1 heterocycles. The molecule has 1 aliphatic rings. The smallest absolute Gasteiger partial charge is 0.322 e. The minimum Gasteiger partial charge on any atom is -0.480 e. The predicted molar refractivity (Wildman–Crippen MR) is 72.7 cm³/mol. The minimum absolute atomic E-state index is 0.210. The summed E-state index contributed by atoms with van der Waals surface area (Å²) in [7, 11) is 3.84. The zero-order valence-electron chi connectivity index (χ0n) is 12.0. The number of carbonyl (C=O) groups is 1. The first-order valence-corrected chi connectivity index (χ1v) is 6.66. The molecule has 2 atom stereocenters. The molecule has 1 aliphatic heterocycles. The Hall–Kier alpha value is -0.650. The molecular formula is C13H27N3O2. The van der Waals surface area contributed by atoms with Crippen LogP contribution in [0.25, 0.3) is 0 Å². The molecule has 18 heavy (non-hydrogen) atoms. The largest absolute Gasteiger partial charge is 0.480 e. The molecule has 106 valence electrons. The van der Waals surface area contributed by atoms with Crippen molar-refractivity contribution in [1.29, 1.82) is 0 Å². The van der Waals surface area contributed by atoms with Gasteiger partial charge in [0.1, 0.15) is 6.04 Å². The maximum atomic E-state index is 10.9. The topological polar surface area (TPSA) is 64.6 Å². The quantitative estimate of drug-likeness (QED) is 0.609. The van der Waals surface area contributed by atoms with Gasteiger partial charge in [0, 0.05) is 19.6 Å². The van der Waals surface area contributed by atoms with Crippen LogP contribution < -0.4 is 10.6 Å². The lowest BCUT2D eigenvalue weighted by atomic mass is 9.78. The molecule has 2 unspecified atom stereocenters. The fraction of sp³-hybridized carbons (Fsp3) is 0.923. The number of nitrogens with one attached hydrogen (secondary N) is 2. The number of carboxylic acids is 1. The van der Waals surface area contributed by atoms with Crippen LogP contribution in [-0.4, -0.2) is 62.3 Å². The lowest BCUT2D eigenvalue weighted by Crippen LogP contribution is -2.46. The molecule has 3 N–H and O–H groups in total. The fourth-order valence-corrected chi connectivity index (χ4v) is 2.57. The third-order valence-electron chi connectivity index (χ3n) is 4.07. The van der Waals surface area contributed by atoms with Crippen LogP contribution in [0.15, 0.2) is 0 Å². The van der Waals surface area contributed by atoms with E-state index in [0.717, 1.165) is 13.1 Å². The van der Waals surface area contributed by atoms with Crippen molar-refractivity contribution >= 4 is 5.97 Å². The average Bonchev–Trinajstić information content (AvgIpc) is 2.71. The van der Waals surface area contributed by atoms with Gasteiger partial charge in [-0.05, 0) is 38.4 Å². The van der Waals surface area contributed by atoms with Crippen LogP contribution in [-0.2, 0) is 4.79 Å². The Morgan fingerprint density at radius 1 is 1.56 bits per heavy atom. The summed E-state index contributed by atoms with van der Waals surface area (Å²) in [6.07, 6.45) is 1.24. The highest BCUT2D eigenvalue weighted by Crippen LogP contribution is 2.33. The highest BCUT2D eigenvalue weighted by atomic mass is 16.4. The molecular weight excluding hydrogens is 230 g/mol. The van der Waals surface area contributed by atoms with Gasteiger partial charge in [-0.3, -0.25) is 4.79 Å². The molecule has 0 aliphatic carbocycles. The van der Waals surface area contributed by atoms with Crippen LogP contribution in [0.1, 0.15) is 20.3 Å². The second-order valence-electron chi connectivity index (χ2n) is 6.05. The number of likely N-dealkylation sites (N-methyl/N-ethyl adjacent to an activating group) is 1. The van der Waals surface area contributed by atoms with Gasteiger partial charge in [-0.15, -0.1) is 0 Å². The minimum atomic E-state index is -0.802. The molecule has 0 bridgehead atoms. The summed E-state index contributed by atoms with van der Waals surface area (Å²) in [5.41, 5.74) is 0.210. The van der Waals surface area contributed by atoms with Crippen LogP contribution in [0.2, 0.25) is 0 Å². The number of aliphatic carboxylic acids is 1. The molecule has 5 heteroatoms. The summed E-state index contributed by atoms with van der Waals surface area (Å²) >= 11 is 0. The summed E-state index contributed by atoms with van der Waals surface area (Å²) < 4.78 is 0. The lowest BCUT2D eigenvalue weighted by Gasteiger charge is -2.32. The predicted octanol–water partition coefficient (Wildman–Crippen LogP) is 0.227. The molecule has 1 saturated heterocycles. The van der Waals surface area contributed by atoms with Gasteiger partial charge >= 0.3 is 5.97 Å². The standard InChI is InChI=1S/C13H27N3O2/c1-13(2,10-5-6-16(4)8-10)9-15-7-11(14-3)12(17)18/h10-11,14-15H,5-9H2,1-4H3,(H,17,18). The normalized spacial score (nSPS) is 23.2. The Kier molecular flexibility index (Phi) is 5.56. The van der Waals surface area contributed by atoms with Crippen molar-refractivity contribution < 1.29 is 9.90 Å². The van der Waals surface area contributed by atoms with E-state index >= 15 is 0 Å². The summed E-state index contributed by atoms with van der Waals surface area (Å²) in [5.74, 6) is -0.115. The first-order valence-electron chi connectivity index (χ1n) is 6.66. The van der Waals surface area contributed by atoms with Gasteiger partial charge in [-0.2, -0.15) is 0 Å². The van der Waals surface area contributed by atoms with Crippen molar-refractivity contribution in [3.05, 3.63) is 0 Å². The Bertz CT molecular complexity index is 281. The van der Waals surface area contributed by atoms with E-state index < -0.39 is 12.0 Å². The van der Waals surface area contributed by atoms with E-state index in [1.165, 1.54) is 13.0 Å². The molecule has 0 radical (unpaired) electrons. The first-order chi connectivity index (χ1) is 8.36. The van der Waals surface area contributed by atoms with Gasteiger partial charge in [-0.1, -0.05) is 13.8 Å². The molecule has 1 fully saturated rings. The van der Waals surface area contributed by atoms with E-state index in [0.29, 0.717) is 12.5 Å². The van der Waals surface area contributed by atoms with Gasteiger partial charge in [0.05, 0.1) is 0 Å². The van der Waals surface area contributed by atoms with E-state index in [1.54, 1.807) is 7.05 Å². The number of hydrogen-bond acceptors (Lipinski definition) is 4. The second kappa shape index (κ2) is 6.50. The number of hydrogen-bond donors (Lipinski definition) is 3. The first kappa shape index (κ1) is 15.4. The van der Waals surface area contributed by atoms with Gasteiger partial charge < -0.3 is 20.6 Å². The van der Waals surface area contributed by atoms with E-state index in [-0.39, 0.29) is 5.41 Å². The van der Waals surface area contributed by atoms with Crippen LogP contribution in [0.5, 0.6) is 0 Å². The maximum absolute atomic E-state index is 10.9. The highest BCUT2D eigenvalue weighted by molar-refractivity contribution is 5.73. The number of likely N-dealkylation sites (tertiary alicyclic amines) is 1. The maximum Gasteiger partial charge on any atom is 0.322 e. The van der Waals surface area contributed by atoms with Crippen molar-refractivity contribution in [3.8, 4) is 0 Å². The zero-order chi connectivity index (χ0) is 13.8. The van der Waals surface area contributed by atoms with Crippen LogP contribution >= 0.6 is 0 Å². The van der Waals surface area contributed by atoms with Gasteiger partial charge in [0.2, 0.25) is 0 Å². The third kappa shape index (κ3) is 4.23. The van der Waals surface area contributed by atoms with E-state index in [4.69, 9.17) is 5.11 Å². The SMILES string of the molecule is CNC(CNCC(C)(C)C1CCN(C)C1)C(=O)O. The van der Waals surface area contributed by atoms with E-state index in [9.17, 15) is 4.79 Å². The Balaban J connectivity index is 2.35. The summed E-state index contributed by atoms with van der Waals surface area (Å²) in [4.78, 5) is 13.2. The van der Waals surface area contributed by atoms with Gasteiger partial charge in [-0.25, -0.2) is 0 Å². The Labute approximate surface area is 110 Å². The molecule has 0 spiro atoms. The summed E-state index contributed by atoms with van der Waals surface area (Å²) in [6.45, 7) is 8.16. The molecule has 0 amide bonds. The Morgan fingerprint density at radius 3 is 2.67 bits per heavy atom. The van der Waals surface area contributed by atoms with E-state index in [1.807, 2.05) is 0 Å². The van der Waals surface area contributed by atoms with E-state index in [2.05, 4.69) is 36.4 Å². The monoisotopic (exact) mass is 257 g/mol.